The van der Waals surface area contributed by atoms with E-state index in [0.717, 1.165) is 10.0 Å². The first-order chi connectivity index (χ1) is 16.1. The van der Waals surface area contributed by atoms with E-state index in [1.807, 2.05) is 19.1 Å². The molecule has 0 N–H and O–H groups in total. The molecule has 176 valence electrons. The summed E-state index contributed by atoms with van der Waals surface area (Å²) in [5, 5.41) is 2.37. The van der Waals surface area contributed by atoms with Crippen LogP contribution < -0.4 is 0 Å². The first-order valence-electron chi connectivity index (χ1n) is 10.4. The van der Waals surface area contributed by atoms with Crippen molar-refractivity contribution in [1.82, 2.24) is 10.0 Å². The number of hydrazine groups is 1. The number of hydrogen-bond acceptors (Lipinski definition) is 4. The highest BCUT2D eigenvalue weighted by molar-refractivity contribution is 6.37. The Morgan fingerprint density at radius 2 is 1.53 bits per heavy atom. The highest BCUT2D eigenvalue weighted by Crippen LogP contribution is 2.39. The van der Waals surface area contributed by atoms with Crippen LogP contribution in [0, 0.1) is 17.8 Å². The molecule has 1 aliphatic carbocycles. The fraction of sp³-hybridized carbons (Fsp3) is 0.250. The lowest BCUT2D eigenvalue weighted by Gasteiger charge is -2.30. The van der Waals surface area contributed by atoms with E-state index in [1.165, 1.54) is 36.4 Å². The molecule has 10 heteroatoms. The normalized spacial score (nSPS) is 21.6. The lowest BCUT2D eigenvalue weighted by molar-refractivity contribution is -0.154. The molecule has 2 aromatic carbocycles. The molecule has 1 heterocycles. The minimum atomic E-state index is -0.791. The van der Waals surface area contributed by atoms with Crippen LogP contribution in [0.25, 0.3) is 0 Å². The van der Waals surface area contributed by atoms with Gasteiger partial charge in [0, 0.05) is 15.6 Å². The Bertz CT molecular complexity index is 1250. The Morgan fingerprint density at radius 3 is 2.09 bits per heavy atom. The molecule has 0 radical (unpaired) electrons. The summed E-state index contributed by atoms with van der Waals surface area (Å²) >= 11 is 24.3. The predicted octanol–water partition coefficient (Wildman–Crippen LogP) is 5.74. The SMILES string of the molecule is C[C@@H]1C=CC[C@@H]2C(=O)N(N(CC(=O)c3ccc(Cl)cc3Cl)C(=O)c3ccc(Cl)cc3Cl)C(=O)[C@H]12. The van der Waals surface area contributed by atoms with Gasteiger partial charge in [0.25, 0.3) is 17.7 Å². The predicted molar refractivity (Wildman–Crippen MR) is 130 cm³/mol. The van der Waals surface area contributed by atoms with E-state index >= 15 is 0 Å². The number of hydrogen-bond donors (Lipinski definition) is 0. The molecule has 0 bridgehead atoms. The largest absolute Gasteiger partial charge is 0.292 e. The summed E-state index contributed by atoms with van der Waals surface area (Å²) < 4.78 is 0. The number of ketones is 1. The zero-order valence-electron chi connectivity index (χ0n) is 17.8. The van der Waals surface area contributed by atoms with Crippen molar-refractivity contribution in [3.63, 3.8) is 0 Å². The summed E-state index contributed by atoms with van der Waals surface area (Å²) in [6.07, 6.45) is 4.09. The second kappa shape index (κ2) is 9.70. The number of carbonyl (C=O) groups is 4. The summed E-state index contributed by atoms with van der Waals surface area (Å²) in [7, 11) is 0. The standard InChI is InChI=1S/C24H18Cl4N2O4/c1-12-3-2-4-17-21(12)24(34)30(23(17)33)29(22(32)16-8-6-14(26)10-19(16)28)11-20(31)15-7-5-13(25)9-18(15)27/h2-3,5-10,12,17,21H,4,11H2,1H3/t12-,17+,21-/m1/s1. The van der Waals surface area contributed by atoms with Gasteiger partial charge in [-0.2, -0.15) is 5.01 Å². The van der Waals surface area contributed by atoms with Gasteiger partial charge in [-0.1, -0.05) is 65.5 Å². The topological polar surface area (TPSA) is 74.8 Å². The van der Waals surface area contributed by atoms with Gasteiger partial charge < -0.3 is 0 Å². The average molecular weight is 540 g/mol. The number of amides is 3. The average Bonchev–Trinajstić information content (AvgIpc) is 3.02. The van der Waals surface area contributed by atoms with Crippen LogP contribution in [0.2, 0.25) is 20.1 Å². The number of carbonyl (C=O) groups excluding carboxylic acids is 4. The van der Waals surface area contributed by atoms with Gasteiger partial charge >= 0.3 is 0 Å². The second-order valence-electron chi connectivity index (χ2n) is 8.18. The molecule has 34 heavy (non-hydrogen) atoms. The van der Waals surface area contributed by atoms with Gasteiger partial charge in [0.15, 0.2) is 5.78 Å². The van der Waals surface area contributed by atoms with E-state index in [1.54, 1.807) is 0 Å². The van der Waals surface area contributed by atoms with Gasteiger partial charge in [-0.05, 0) is 48.7 Å². The third kappa shape index (κ3) is 4.48. The second-order valence-corrected chi connectivity index (χ2v) is 9.87. The first-order valence-corrected chi connectivity index (χ1v) is 11.9. The van der Waals surface area contributed by atoms with Crippen molar-refractivity contribution in [2.24, 2.45) is 17.8 Å². The lowest BCUT2D eigenvalue weighted by Crippen LogP contribution is -2.52. The molecule has 3 atom stereocenters. The van der Waals surface area contributed by atoms with Crippen LogP contribution in [-0.2, 0) is 9.59 Å². The van der Waals surface area contributed by atoms with Crippen molar-refractivity contribution in [2.75, 3.05) is 6.54 Å². The van der Waals surface area contributed by atoms with Gasteiger partial charge in [0.05, 0.1) is 27.4 Å². The van der Waals surface area contributed by atoms with E-state index in [-0.39, 0.29) is 27.1 Å². The summed E-state index contributed by atoms with van der Waals surface area (Å²) in [4.78, 5) is 53.4. The van der Waals surface area contributed by atoms with Gasteiger partial charge in [0.2, 0.25) is 0 Å². The van der Waals surface area contributed by atoms with Crippen LogP contribution in [0.15, 0.2) is 48.6 Å². The maximum absolute atomic E-state index is 13.6. The minimum Gasteiger partial charge on any atom is -0.292 e. The molecule has 0 saturated carbocycles. The Labute approximate surface area is 216 Å². The van der Waals surface area contributed by atoms with Crippen LogP contribution in [-0.4, -0.2) is 40.1 Å². The molecule has 1 aliphatic heterocycles. The molecule has 3 amide bonds. The van der Waals surface area contributed by atoms with Crippen LogP contribution in [0.5, 0.6) is 0 Å². The zero-order valence-corrected chi connectivity index (χ0v) is 20.8. The molecule has 0 aromatic heterocycles. The van der Waals surface area contributed by atoms with E-state index in [2.05, 4.69) is 0 Å². The Hall–Kier alpha value is -2.38. The number of nitrogens with zero attached hydrogens (tertiary/aromatic N) is 2. The smallest absolute Gasteiger partial charge is 0.274 e. The fourth-order valence-corrected chi connectivity index (χ4v) is 5.34. The molecule has 4 rings (SSSR count). The van der Waals surface area contributed by atoms with Crippen molar-refractivity contribution < 1.29 is 19.2 Å². The highest BCUT2D eigenvalue weighted by atomic mass is 35.5. The maximum Gasteiger partial charge on any atom is 0.274 e. The van der Waals surface area contributed by atoms with Gasteiger partial charge in [-0.25, -0.2) is 5.01 Å². The van der Waals surface area contributed by atoms with E-state index in [0.29, 0.717) is 16.5 Å². The molecule has 0 spiro atoms. The molecule has 2 aromatic rings. The van der Waals surface area contributed by atoms with Crippen LogP contribution in [0.4, 0.5) is 0 Å². The van der Waals surface area contributed by atoms with E-state index in [9.17, 15) is 19.2 Å². The summed E-state index contributed by atoms with van der Waals surface area (Å²) in [6, 6.07) is 8.50. The number of halogens is 4. The number of fused-ring (bicyclic) bond motifs is 1. The molecule has 2 aliphatic rings. The Balaban J connectivity index is 1.75. The highest BCUT2D eigenvalue weighted by Gasteiger charge is 2.53. The molecule has 6 nitrogen and oxygen atoms in total. The zero-order chi connectivity index (χ0) is 24.7. The number of rotatable bonds is 5. The summed E-state index contributed by atoms with van der Waals surface area (Å²) in [5.41, 5.74) is 0.0836. The number of allylic oxidation sites excluding steroid dienone is 2. The van der Waals surface area contributed by atoms with Gasteiger partial charge in [0.1, 0.15) is 6.54 Å². The fourth-order valence-electron chi connectivity index (χ4n) is 4.34. The molecule has 1 saturated heterocycles. The Kier molecular flexibility index (Phi) is 7.06. The number of benzene rings is 2. The van der Waals surface area contributed by atoms with Crippen molar-refractivity contribution in [3.05, 3.63) is 79.8 Å². The molecular weight excluding hydrogens is 522 g/mol. The summed E-state index contributed by atoms with van der Waals surface area (Å²) in [6.45, 7) is 1.22. The van der Waals surface area contributed by atoms with Crippen molar-refractivity contribution in [1.29, 1.82) is 0 Å². The van der Waals surface area contributed by atoms with E-state index in [4.69, 9.17) is 46.4 Å². The van der Waals surface area contributed by atoms with E-state index < -0.39 is 41.9 Å². The van der Waals surface area contributed by atoms with Crippen LogP contribution in [0.3, 0.4) is 0 Å². The molecular formula is C24H18Cl4N2O4. The third-order valence-corrected chi connectivity index (χ3v) is 7.11. The maximum atomic E-state index is 13.6. The van der Waals surface area contributed by atoms with Gasteiger partial charge in [-0.15, -0.1) is 0 Å². The third-order valence-electron chi connectivity index (χ3n) is 6.01. The van der Waals surface area contributed by atoms with Crippen LogP contribution >= 0.6 is 46.4 Å². The quantitative estimate of drug-likeness (QED) is 0.276. The Morgan fingerprint density at radius 1 is 0.941 bits per heavy atom. The summed E-state index contributed by atoms with van der Waals surface area (Å²) in [5.74, 6) is -3.89. The van der Waals surface area contributed by atoms with Crippen molar-refractivity contribution in [3.8, 4) is 0 Å². The number of imide groups is 1. The van der Waals surface area contributed by atoms with Crippen LogP contribution in [0.1, 0.15) is 34.1 Å². The molecule has 1 fully saturated rings. The number of Topliss-reactive ketones (excluding diaryl/α,β-unsaturated/α-hetero) is 1. The first kappa shape index (κ1) is 24.7. The minimum absolute atomic E-state index is 0.0114. The lowest BCUT2D eigenvalue weighted by atomic mass is 9.78. The molecule has 0 unspecified atom stereocenters. The monoisotopic (exact) mass is 538 g/mol. The van der Waals surface area contributed by atoms with Crippen molar-refractivity contribution >= 4 is 69.9 Å². The van der Waals surface area contributed by atoms with Gasteiger partial charge in [-0.3, -0.25) is 19.2 Å². The van der Waals surface area contributed by atoms with Crippen molar-refractivity contribution in [2.45, 2.75) is 13.3 Å².